The molecule has 0 atom stereocenters. The van der Waals surface area contributed by atoms with Gasteiger partial charge in [0.2, 0.25) is 0 Å². The molecule has 0 spiro atoms. The van der Waals surface area contributed by atoms with Gasteiger partial charge in [-0.2, -0.15) is 0 Å². The Morgan fingerprint density at radius 2 is 1.82 bits per heavy atom. The number of anilines is 2. The average Bonchev–Trinajstić information content (AvgIpc) is 2.50. The molecule has 0 fully saturated rings. The highest BCUT2D eigenvalue weighted by Gasteiger charge is 2.07. The van der Waals surface area contributed by atoms with Gasteiger partial charge in [0.25, 0.3) is 5.91 Å². The molecule has 116 valence electrons. The Kier molecular flexibility index (Phi) is 5.49. The quantitative estimate of drug-likeness (QED) is 0.801. The summed E-state index contributed by atoms with van der Waals surface area (Å²) in [6.07, 6.45) is 0. The Bertz CT molecular complexity index is 644. The van der Waals surface area contributed by atoms with Gasteiger partial charge in [-0.15, -0.1) is 0 Å². The number of nitrogens with one attached hydrogen (secondary N) is 1. The Morgan fingerprint density at radius 3 is 2.45 bits per heavy atom. The molecular formula is C16H17ClN2O3. The summed E-state index contributed by atoms with van der Waals surface area (Å²) in [4.78, 5) is 11.9. The van der Waals surface area contributed by atoms with E-state index < -0.39 is 0 Å². The lowest BCUT2D eigenvalue weighted by Crippen LogP contribution is -2.20. The second-order valence-electron chi connectivity index (χ2n) is 4.47. The fourth-order valence-corrected chi connectivity index (χ4v) is 1.90. The second kappa shape index (κ2) is 7.56. The van der Waals surface area contributed by atoms with Crippen LogP contribution in [0.3, 0.4) is 0 Å². The molecule has 1 amide bonds. The minimum atomic E-state index is -0.300. The zero-order chi connectivity index (χ0) is 15.9. The Balaban J connectivity index is 1.90. The van der Waals surface area contributed by atoms with Crippen LogP contribution in [0.1, 0.15) is 6.92 Å². The molecule has 0 bridgehead atoms. The van der Waals surface area contributed by atoms with Gasteiger partial charge in [0.05, 0.1) is 18.0 Å². The first-order chi connectivity index (χ1) is 10.6. The van der Waals surface area contributed by atoms with Crippen LogP contribution in [0.25, 0.3) is 0 Å². The van der Waals surface area contributed by atoms with Crippen molar-refractivity contribution in [3.05, 3.63) is 47.5 Å². The minimum Gasteiger partial charge on any atom is -0.494 e. The van der Waals surface area contributed by atoms with Crippen LogP contribution in [0.15, 0.2) is 42.5 Å². The van der Waals surface area contributed by atoms with E-state index in [1.54, 1.807) is 42.5 Å². The van der Waals surface area contributed by atoms with Crippen molar-refractivity contribution in [3.8, 4) is 11.5 Å². The molecule has 0 saturated carbocycles. The number of carbonyl (C=O) groups excluding carboxylic acids is 1. The van der Waals surface area contributed by atoms with Crippen molar-refractivity contribution >= 4 is 28.9 Å². The third-order valence-electron chi connectivity index (χ3n) is 2.79. The summed E-state index contributed by atoms with van der Waals surface area (Å²) >= 11 is 5.78. The molecule has 3 N–H and O–H groups in total. The van der Waals surface area contributed by atoms with Crippen LogP contribution in [-0.4, -0.2) is 19.1 Å². The number of hydrogen-bond donors (Lipinski definition) is 2. The summed E-state index contributed by atoms with van der Waals surface area (Å²) in [5, 5.41) is 3.30. The van der Waals surface area contributed by atoms with Gasteiger partial charge in [-0.1, -0.05) is 11.6 Å². The van der Waals surface area contributed by atoms with E-state index >= 15 is 0 Å². The normalized spacial score (nSPS) is 10.1. The maximum absolute atomic E-state index is 11.9. The van der Waals surface area contributed by atoms with Crippen molar-refractivity contribution in [2.45, 2.75) is 6.92 Å². The van der Waals surface area contributed by atoms with Crippen LogP contribution >= 0.6 is 11.6 Å². The second-order valence-corrected chi connectivity index (χ2v) is 4.91. The number of nitrogens with two attached hydrogens (primary N) is 1. The Labute approximate surface area is 134 Å². The van der Waals surface area contributed by atoms with Crippen LogP contribution in [0.2, 0.25) is 5.02 Å². The molecular weight excluding hydrogens is 304 g/mol. The van der Waals surface area contributed by atoms with Crippen LogP contribution < -0.4 is 20.5 Å². The number of nitrogen functional groups attached to an aromatic ring is 1. The highest BCUT2D eigenvalue weighted by Crippen LogP contribution is 2.24. The molecule has 0 aromatic heterocycles. The fraction of sp³-hybridized carbons (Fsp3) is 0.188. The zero-order valence-corrected chi connectivity index (χ0v) is 12.9. The van der Waals surface area contributed by atoms with Gasteiger partial charge in [0, 0.05) is 11.1 Å². The number of benzene rings is 2. The lowest BCUT2D eigenvalue weighted by Gasteiger charge is -2.11. The highest BCUT2D eigenvalue weighted by atomic mass is 35.5. The van der Waals surface area contributed by atoms with Crippen LogP contribution in [0.4, 0.5) is 11.4 Å². The van der Waals surface area contributed by atoms with Gasteiger partial charge in [-0.05, 0) is 43.3 Å². The monoisotopic (exact) mass is 320 g/mol. The van der Waals surface area contributed by atoms with Crippen molar-refractivity contribution in [1.82, 2.24) is 0 Å². The topological polar surface area (TPSA) is 73.6 Å². The summed E-state index contributed by atoms with van der Waals surface area (Å²) in [6.45, 7) is 2.33. The first-order valence-corrected chi connectivity index (χ1v) is 7.17. The van der Waals surface area contributed by atoms with E-state index in [1.807, 2.05) is 6.92 Å². The number of amides is 1. The van der Waals surface area contributed by atoms with Gasteiger partial charge < -0.3 is 20.5 Å². The van der Waals surface area contributed by atoms with Crippen molar-refractivity contribution in [2.24, 2.45) is 0 Å². The number of halogens is 1. The van der Waals surface area contributed by atoms with Gasteiger partial charge in [-0.3, -0.25) is 4.79 Å². The number of ether oxygens (including phenoxy) is 2. The van der Waals surface area contributed by atoms with E-state index in [0.29, 0.717) is 34.5 Å². The zero-order valence-electron chi connectivity index (χ0n) is 12.1. The molecule has 0 radical (unpaired) electrons. The average molecular weight is 321 g/mol. The summed E-state index contributed by atoms with van der Waals surface area (Å²) in [5.41, 5.74) is 6.83. The van der Waals surface area contributed by atoms with E-state index in [-0.39, 0.29) is 12.5 Å². The van der Waals surface area contributed by atoms with Crippen LogP contribution in [0, 0.1) is 0 Å². The summed E-state index contributed by atoms with van der Waals surface area (Å²) < 4.78 is 10.7. The standard InChI is InChI=1S/C16H17ClN2O3/c1-2-21-13-7-8-15(14(18)9-13)19-16(20)10-22-12-5-3-11(17)4-6-12/h3-9H,2,10,18H2,1H3,(H,19,20). The molecule has 2 rings (SSSR count). The molecule has 6 heteroatoms. The molecule has 22 heavy (non-hydrogen) atoms. The third-order valence-corrected chi connectivity index (χ3v) is 3.04. The molecule has 5 nitrogen and oxygen atoms in total. The summed E-state index contributed by atoms with van der Waals surface area (Å²) in [7, 11) is 0. The summed E-state index contributed by atoms with van der Waals surface area (Å²) in [6, 6.07) is 11.9. The van der Waals surface area contributed by atoms with E-state index in [9.17, 15) is 4.79 Å². The molecule has 0 unspecified atom stereocenters. The molecule has 0 aliphatic rings. The Hall–Kier alpha value is -2.40. The smallest absolute Gasteiger partial charge is 0.262 e. The minimum absolute atomic E-state index is 0.117. The molecule has 0 aliphatic carbocycles. The fourth-order valence-electron chi connectivity index (χ4n) is 1.78. The largest absolute Gasteiger partial charge is 0.494 e. The molecule has 0 aliphatic heterocycles. The maximum atomic E-state index is 11.9. The Morgan fingerprint density at radius 1 is 1.14 bits per heavy atom. The van der Waals surface area contributed by atoms with Crippen molar-refractivity contribution < 1.29 is 14.3 Å². The van der Waals surface area contributed by atoms with E-state index in [0.717, 1.165) is 0 Å². The van der Waals surface area contributed by atoms with Crippen molar-refractivity contribution in [2.75, 3.05) is 24.3 Å². The van der Waals surface area contributed by atoms with Gasteiger partial charge in [0.15, 0.2) is 6.61 Å². The number of carbonyl (C=O) groups is 1. The van der Waals surface area contributed by atoms with Gasteiger partial charge >= 0.3 is 0 Å². The highest BCUT2D eigenvalue weighted by molar-refractivity contribution is 6.30. The molecule has 0 saturated heterocycles. The first kappa shape index (κ1) is 16.0. The van der Waals surface area contributed by atoms with Gasteiger partial charge in [0.1, 0.15) is 11.5 Å². The summed E-state index contributed by atoms with van der Waals surface area (Å²) in [5.74, 6) is 0.931. The lowest BCUT2D eigenvalue weighted by atomic mass is 10.2. The van der Waals surface area contributed by atoms with E-state index in [4.69, 9.17) is 26.8 Å². The maximum Gasteiger partial charge on any atom is 0.262 e. The van der Waals surface area contributed by atoms with E-state index in [1.165, 1.54) is 0 Å². The van der Waals surface area contributed by atoms with Crippen LogP contribution in [0.5, 0.6) is 11.5 Å². The van der Waals surface area contributed by atoms with Gasteiger partial charge in [-0.25, -0.2) is 0 Å². The molecule has 2 aromatic rings. The molecule has 2 aromatic carbocycles. The number of rotatable bonds is 6. The van der Waals surface area contributed by atoms with Crippen molar-refractivity contribution in [3.63, 3.8) is 0 Å². The number of hydrogen-bond acceptors (Lipinski definition) is 4. The predicted octanol–water partition coefficient (Wildman–Crippen LogP) is 3.34. The van der Waals surface area contributed by atoms with Crippen molar-refractivity contribution in [1.29, 1.82) is 0 Å². The third kappa shape index (κ3) is 4.56. The SMILES string of the molecule is CCOc1ccc(NC(=O)COc2ccc(Cl)cc2)c(N)c1. The predicted molar refractivity (Wildman–Crippen MR) is 87.6 cm³/mol. The van der Waals surface area contributed by atoms with Crippen LogP contribution in [-0.2, 0) is 4.79 Å². The first-order valence-electron chi connectivity index (χ1n) is 6.79. The van der Waals surface area contributed by atoms with E-state index in [2.05, 4.69) is 5.32 Å². The lowest BCUT2D eigenvalue weighted by molar-refractivity contribution is -0.118. The molecule has 0 heterocycles.